The molecule has 0 aliphatic heterocycles. The maximum Gasteiger partial charge on any atom is 0.333 e. The van der Waals surface area contributed by atoms with Gasteiger partial charge >= 0.3 is 5.97 Å². The second-order valence-corrected chi connectivity index (χ2v) is 5.96. The van der Waals surface area contributed by atoms with Crippen LogP contribution in [0.3, 0.4) is 0 Å². The molecule has 98 valence electrons. The van der Waals surface area contributed by atoms with E-state index in [1.165, 1.54) is 6.42 Å². The monoisotopic (exact) mass is 238 g/mol. The SMILES string of the molecule is C=C(C)C(=O)OC1(C(C)(C)CC)CCCCC1. The van der Waals surface area contributed by atoms with Gasteiger partial charge in [0.25, 0.3) is 0 Å². The average Bonchev–Trinajstić information content (AvgIpc) is 2.29. The average molecular weight is 238 g/mol. The number of hydrogen-bond donors (Lipinski definition) is 0. The molecule has 0 atom stereocenters. The maximum absolute atomic E-state index is 11.9. The molecule has 0 aromatic carbocycles. The van der Waals surface area contributed by atoms with Crippen molar-refractivity contribution in [1.29, 1.82) is 0 Å². The minimum atomic E-state index is -0.282. The van der Waals surface area contributed by atoms with E-state index in [1.54, 1.807) is 6.92 Å². The van der Waals surface area contributed by atoms with E-state index in [9.17, 15) is 4.79 Å². The first-order chi connectivity index (χ1) is 7.84. The van der Waals surface area contributed by atoms with E-state index in [0.717, 1.165) is 32.1 Å². The smallest absolute Gasteiger partial charge is 0.333 e. The van der Waals surface area contributed by atoms with Gasteiger partial charge in [-0.15, -0.1) is 0 Å². The molecule has 2 nitrogen and oxygen atoms in total. The summed E-state index contributed by atoms with van der Waals surface area (Å²) in [4.78, 5) is 11.9. The summed E-state index contributed by atoms with van der Waals surface area (Å²) in [6.45, 7) is 12.0. The molecule has 17 heavy (non-hydrogen) atoms. The highest BCUT2D eigenvalue weighted by Gasteiger charge is 2.47. The fraction of sp³-hybridized carbons (Fsp3) is 0.800. The van der Waals surface area contributed by atoms with Gasteiger partial charge in [-0.3, -0.25) is 0 Å². The molecule has 0 N–H and O–H groups in total. The fourth-order valence-electron chi connectivity index (χ4n) is 2.63. The van der Waals surface area contributed by atoms with Crippen LogP contribution in [0.25, 0.3) is 0 Å². The van der Waals surface area contributed by atoms with Gasteiger partial charge in [0.2, 0.25) is 0 Å². The van der Waals surface area contributed by atoms with Gasteiger partial charge in [-0.25, -0.2) is 4.79 Å². The Balaban J connectivity index is 2.93. The molecule has 0 saturated heterocycles. The third-order valence-corrected chi connectivity index (χ3v) is 4.42. The number of hydrogen-bond acceptors (Lipinski definition) is 2. The minimum absolute atomic E-state index is 0.0402. The van der Waals surface area contributed by atoms with Gasteiger partial charge in [-0.05, 0) is 39.0 Å². The summed E-state index contributed by atoms with van der Waals surface area (Å²) in [7, 11) is 0. The number of ether oxygens (including phenoxy) is 1. The highest BCUT2D eigenvalue weighted by atomic mass is 16.6. The summed E-state index contributed by atoms with van der Waals surface area (Å²) in [6, 6.07) is 0. The molecule has 0 heterocycles. The van der Waals surface area contributed by atoms with Gasteiger partial charge in [0.05, 0.1) is 0 Å². The highest BCUT2D eigenvalue weighted by molar-refractivity contribution is 5.87. The zero-order chi connectivity index (χ0) is 13.1. The second kappa shape index (κ2) is 5.24. The van der Waals surface area contributed by atoms with Crippen molar-refractivity contribution in [1.82, 2.24) is 0 Å². The number of carbonyl (C=O) groups is 1. The zero-order valence-corrected chi connectivity index (χ0v) is 11.8. The number of rotatable bonds is 4. The van der Waals surface area contributed by atoms with Crippen LogP contribution in [0.2, 0.25) is 0 Å². The van der Waals surface area contributed by atoms with Crippen molar-refractivity contribution in [3.8, 4) is 0 Å². The fourth-order valence-corrected chi connectivity index (χ4v) is 2.63. The van der Waals surface area contributed by atoms with Crippen LogP contribution in [0, 0.1) is 5.41 Å². The molecule has 2 heteroatoms. The first-order valence-electron chi connectivity index (χ1n) is 6.73. The molecule has 0 unspecified atom stereocenters. The number of esters is 1. The van der Waals surface area contributed by atoms with Gasteiger partial charge in [-0.1, -0.05) is 33.8 Å². The van der Waals surface area contributed by atoms with Crippen molar-refractivity contribution in [2.45, 2.75) is 71.8 Å². The van der Waals surface area contributed by atoms with Crippen molar-refractivity contribution >= 4 is 5.97 Å². The van der Waals surface area contributed by atoms with E-state index in [-0.39, 0.29) is 17.0 Å². The Morgan fingerprint density at radius 1 is 1.29 bits per heavy atom. The Kier molecular flexibility index (Phi) is 4.40. The second-order valence-electron chi connectivity index (χ2n) is 5.96. The molecule has 1 rings (SSSR count). The molecule has 1 saturated carbocycles. The third-order valence-electron chi connectivity index (χ3n) is 4.42. The molecule has 0 radical (unpaired) electrons. The summed E-state index contributed by atoms with van der Waals surface area (Å²) < 4.78 is 5.86. The molecule has 1 aliphatic carbocycles. The standard InChI is InChI=1S/C15H26O2/c1-6-14(4,5)15(10-8-7-9-11-15)17-13(16)12(2)3/h2,6-11H2,1,3-5H3. The molecule has 0 aromatic heterocycles. The van der Waals surface area contributed by atoms with Gasteiger partial charge in [0, 0.05) is 11.0 Å². The van der Waals surface area contributed by atoms with Crippen LogP contribution in [0.5, 0.6) is 0 Å². The Morgan fingerprint density at radius 3 is 2.24 bits per heavy atom. The van der Waals surface area contributed by atoms with E-state index in [0.29, 0.717) is 5.57 Å². The van der Waals surface area contributed by atoms with Gasteiger partial charge in [0.1, 0.15) is 5.60 Å². The lowest BCUT2D eigenvalue weighted by Crippen LogP contribution is -2.49. The Morgan fingerprint density at radius 2 is 1.82 bits per heavy atom. The molecular weight excluding hydrogens is 212 g/mol. The lowest BCUT2D eigenvalue weighted by Gasteiger charge is -2.48. The van der Waals surface area contributed by atoms with E-state index in [2.05, 4.69) is 27.4 Å². The summed E-state index contributed by atoms with van der Waals surface area (Å²) in [6.07, 6.45) is 6.59. The van der Waals surface area contributed by atoms with Crippen LogP contribution in [-0.4, -0.2) is 11.6 Å². The summed E-state index contributed by atoms with van der Waals surface area (Å²) >= 11 is 0. The minimum Gasteiger partial charge on any atom is -0.455 e. The predicted octanol–water partition coefficient (Wildman–Crippen LogP) is 4.24. The van der Waals surface area contributed by atoms with Crippen molar-refractivity contribution in [3.63, 3.8) is 0 Å². The van der Waals surface area contributed by atoms with Crippen molar-refractivity contribution in [2.75, 3.05) is 0 Å². The molecule has 0 spiro atoms. The quantitative estimate of drug-likeness (QED) is 0.541. The van der Waals surface area contributed by atoms with Crippen LogP contribution in [0.4, 0.5) is 0 Å². The van der Waals surface area contributed by atoms with Crippen molar-refractivity contribution < 1.29 is 9.53 Å². The van der Waals surface area contributed by atoms with Crippen LogP contribution in [-0.2, 0) is 9.53 Å². The van der Waals surface area contributed by atoms with Crippen LogP contribution in [0.15, 0.2) is 12.2 Å². The van der Waals surface area contributed by atoms with Crippen LogP contribution >= 0.6 is 0 Å². The zero-order valence-electron chi connectivity index (χ0n) is 11.8. The van der Waals surface area contributed by atoms with Crippen molar-refractivity contribution in [3.05, 3.63) is 12.2 Å². The highest BCUT2D eigenvalue weighted by Crippen LogP contribution is 2.47. The van der Waals surface area contributed by atoms with E-state index in [4.69, 9.17) is 4.74 Å². The lowest BCUT2D eigenvalue weighted by atomic mass is 9.65. The maximum atomic E-state index is 11.9. The van der Waals surface area contributed by atoms with E-state index < -0.39 is 0 Å². The predicted molar refractivity (Wildman–Crippen MR) is 70.8 cm³/mol. The first-order valence-corrected chi connectivity index (χ1v) is 6.73. The van der Waals surface area contributed by atoms with Gasteiger partial charge in [0.15, 0.2) is 0 Å². The Hall–Kier alpha value is -0.790. The Bertz CT molecular complexity index is 296. The molecule has 1 fully saturated rings. The molecular formula is C15H26O2. The molecule has 0 amide bonds. The largest absolute Gasteiger partial charge is 0.455 e. The van der Waals surface area contributed by atoms with Crippen LogP contribution in [0.1, 0.15) is 66.2 Å². The first kappa shape index (κ1) is 14.3. The summed E-state index contributed by atoms with van der Waals surface area (Å²) in [5, 5.41) is 0. The number of carbonyl (C=O) groups excluding carboxylic acids is 1. The Labute approximate surface area is 105 Å². The lowest BCUT2D eigenvalue weighted by molar-refractivity contribution is -0.177. The normalized spacial score (nSPS) is 19.8. The summed E-state index contributed by atoms with van der Waals surface area (Å²) in [5.74, 6) is -0.228. The molecule has 0 bridgehead atoms. The van der Waals surface area contributed by atoms with Crippen molar-refractivity contribution in [2.24, 2.45) is 5.41 Å². The van der Waals surface area contributed by atoms with E-state index >= 15 is 0 Å². The molecule has 0 aromatic rings. The van der Waals surface area contributed by atoms with Gasteiger partial charge < -0.3 is 4.74 Å². The van der Waals surface area contributed by atoms with Crippen LogP contribution < -0.4 is 0 Å². The topological polar surface area (TPSA) is 26.3 Å². The molecule has 1 aliphatic rings. The third kappa shape index (κ3) is 2.91. The van der Waals surface area contributed by atoms with E-state index in [1.807, 2.05) is 0 Å². The van der Waals surface area contributed by atoms with Gasteiger partial charge in [-0.2, -0.15) is 0 Å². The summed E-state index contributed by atoms with van der Waals surface area (Å²) in [5.41, 5.74) is 0.260.